The Labute approximate surface area is 132 Å². The van der Waals surface area contributed by atoms with Crippen LogP contribution in [0.15, 0.2) is 30.3 Å². The second-order valence-electron chi connectivity index (χ2n) is 5.21. The Balaban J connectivity index is 1.91. The molecule has 1 heterocycles. The van der Waals surface area contributed by atoms with E-state index in [0.717, 1.165) is 17.1 Å². The quantitative estimate of drug-likeness (QED) is 0.874. The standard InChI is InChI=1S/C16H18FNO3S/c17-13-6-4-12(5-7-13)2-1-3-14(19)18-16(15(20)21)8-10-22-11-9-16/h1-2,4-7H,3,8-11H2,(H,18,19)(H,20,21)/b2-1+. The van der Waals surface area contributed by atoms with Gasteiger partial charge in [0.15, 0.2) is 0 Å². The largest absolute Gasteiger partial charge is 0.480 e. The smallest absolute Gasteiger partial charge is 0.329 e. The van der Waals surface area contributed by atoms with Gasteiger partial charge in [0.2, 0.25) is 5.91 Å². The van der Waals surface area contributed by atoms with E-state index >= 15 is 0 Å². The molecule has 2 rings (SSSR count). The normalized spacial score (nSPS) is 17.3. The van der Waals surface area contributed by atoms with Gasteiger partial charge in [-0.05, 0) is 42.0 Å². The van der Waals surface area contributed by atoms with Crippen LogP contribution in [-0.4, -0.2) is 34.0 Å². The third kappa shape index (κ3) is 4.34. The first kappa shape index (κ1) is 16.5. The third-order valence-corrected chi connectivity index (χ3v) is 4.60. The highest BCUT2D eigenvalue weighted by molar-refractivity contribution is 7.99. The molecular weight excluding hydrogens is 305 g/mol. The lowest BCUT2D eigenvalue weighted by Crippen LogP contribution is -2.56. The fourth-order valence-electron chi connectivity index (χ4n) is 2.31. The van der Waals surface area contributed by atoms with Crippen LogP contribution in [0.2, 0.25) is 0 Å². The first-order valence-electron chi connectivity index (χ1n) is 7.06. The fourth-order valence-corrected chi connectivity index (χ4v) is 3.50. The minimum absolute atomic E-state index is 0.0968. The molecule has 0 unspecified atom stereocenters. The van der Waals surface area contributed by atoms with E-state index in [-0.39, 0.29) is 18.1 Å². The van der Waals surface area contributed by atoms with Crippen molar-refractivity contribution in [3.05, 3.63) is 41.7 Å². The van der Waals surface area contributed by atoms with Gasteiger partial charge in [-0.2, -0.15) is 11.8 Å². The highest BCUT2D eigenvalue weighted by atomic mass is 32.2. The maximum Gasteiger partial charge on any atom is 0.329 e. The molecule has 1 amide bonds. The average Bonchev–Trinajstić information content (AvgIpc) is 2.50. The Morgan fingerprint density at radius 2 is 1.91 bits per heavy atom. The van der Waals surface area contributed by atoms with Crippen molar-refractivity contribution in [1.29, 1.82) is 0 Å². The highest BCUT2D eigenvalue weighted by Gasteiger charge is 2.40. The van der Waals surface area contributed by atoms with Crippen molar-refractivity contribution >= 4 is 29.7 Å². The molecule has 0 aromatic heterocycles. The Kier molecular flexibility index (Phi) is 5.60. The van der Waals surface area contributed by atoms with Gasteiger partial charge in [0.1, 0.15) is 11.4 Å². The van der Waals surface area contributed by atoms with Crippen LogP contribution in [0.25, 0.3) is 6.08 Å². The van der Waals surface area contributed by atoms with E-state index in [9.17, 15) is 19.1 Å². The van der Waals surface area contributed by atoms with Crippen LogP contribution in [0.4, 0.5) is 4.39 Å². The van der Waals surface area contributed by atoms with Gasteiger partial charge in [-0.25, -0.2) is 9.18 Å². The maximum absolute atomic E-state index is 12.8. The van der Waals surface area contributed by atoms with Crippen LogP contribution in [0, 0.1) is 5.82 Å². The summed E-state index contributed by atoms with van der Waals surface area (Å²) >= 11 is 1.70. The molecule has 22 heavy (non-hydrogen) atoms. The van der Waals surface area contributed by atoms with E-state index in [4.69, 9.17) is 0 Å². The number of carbonyl (C=O) groups is 2. The van der Waals surface area contributed by atoms with E-state index < -0.39 is 11.5 Å². The Morgan fingerprint density at radius 1 is 1.27 bits per heavy atom. The van der Waals surface area contributed by atoms with Crippen LogP contribution in [-0.2, 0) is 9.59 Å². The van der Waals surface area contributed by atoms with Crippen molar-refractivity contribution in [1.82, 2.24) is 5.32 Å². The molecule has 0 radical (unpaired) electrons. The van der Waals surface area contributed by atoms with E-state index in [1.54, 1.807) is 36.0 Å². The van der Waals surface area contributed by atoms with Crippen LogP contribution >= 0.6 is 11.8 Å². The SMILES string of the molecule is O=C(C/C=C/c1ccc(F)cc1)NC1(C(=O)O)CCSCC1. The summed E-state index contributed by atoms with van der Waals surface area (Å²) in [6, 6.07) is 5.92. The number of carboxylic acid groups (broad SMARTS) is 1. The zero-order chi connectivity index (χ0) is 16.0. The zero-order valence-electron chi connectivity index (χ0n) is 12.0. The number of rotatable bonds is 5. The molecule has 1 aromatic carbocycles. The van der Waals surface area contributed by atoms with Gasteiger partial charge in [-0.15, -0.1) is 0 Å². The average molecular weight is 323 g/mol. The first-order valence-corrected chi connectivity index (χ1v) is 8.22. The molecule has 1 saturated heterocycles. The molecule has 6 heteroatoms. The monoisotopic (exact) mass is 323 g/mol. The summed E-state index contributed by atoms with van der Waals surface area (Å²) in [4.78, 5) is 23.4. The van der Waals surface area contributed by atoms with Gasteiger partial charge >= 0.3 is 5.97 Å². The topological polar surface area (TPSA) is 66.4 Å². The second-order valence-corrected chi connectivity index (χ2v) is 6.43. The molecule has 1 aromatic rings. The van der Waals surface area contributed by atoms with Crippen molar-refractivity contribution in [3.63, 3.8) is 0 Å². The number of thioether (sulfide) groups is 1. The second kappa shape index (κ2) is 7.45. The molecule has 1 aliphatic rings. The van der Waals surface area contributed by atoms with E-state index in [0.29, 0.717) is 12.8 Å². The summed E-state index contributed by atoms with van der Waals surface area (Å²) in [7, 11) is 0. The summed E-state index contributed by atoms with van der Waals surface area (Å²) in [6.45, 7) is 0. The molecule has 0 atom stereocenters. The molecule has 0 spiro atoms. The molecule has 118 valence electrons. The lowest BCUT2D eigenvalue weighted by atomic mass is 9.92. The van der Waals surface area contributed by atoms with E-state index in [1.807, 2.05) is 0 Å². The molecule has 0 aliphatic carbocycles. The Bertz CT molecular complexity index is 565. The van der Waals surface area contributed by atoms with Gasteiger partial charge < -0.3 is 10.4 Å². The van der Waals surface area contributed by atoms with Crippen molar-refractivity contribution < 1.29 is 19.1 Å². The number of hydrogen-bond donors (Lipinski definition) is 2. The number of halogens is 1. The predicted octanol–water partition coefficient (Wildman–Crippen LogP) is 2.70. The van der Waals surface area contributed by atoms with Crippen LogP contribution < -0.4 is 5.32 Å². The van der Waals surface area contributed by atoms with Crippen molar-refractivity contribution in [2.24, 2.45) is 0 Å². The molecule has 1 fully saturated rings. The predicted molar refractivity (Wildman–Crippen MR) is 85.1 cm³/mol. The van der Waals surface area contributed by atoms with E-state index in [1.165, 1.54) is 12.1 Å². The first-order chi connectivity index (χ1) is 10.5. The zero-order valence-corrected chi connectivity index (χ0v) is 12.9. The molecule has 0 saturated carbocycles. The van der Waals surface area contributed by atoms with Crippen LogP contribution in [0.1, 0.15) is 24.8 Å². The molecule has 2 N–H and O–H groups in total. The summed E-state index contributed by atoms with van der Waals surface area (Å²) in [6.07, 6.45) is 4.35. The van der Waals surface area contributed by atoms with Crippen LogP contribution in [0.3, 0.4) is 0 Å². The van der Waals surface area contributed by atoms with E-state index in [2.05, 4.69) is 5.32 Å². The Hall–Kier alpha value is -1.82. The Morgan fingerprint density at radius 3 is 2.50 bits per heavy atom. The molecular formula is C16H18FNO3S. The number of carboxylic acids is 1. The lowest BCUT2D eigenvalue weighted by molar-refractivity contribution is -0.148. The van der Waals surface area contributed by atoms with Crippen molar-refractivity contribution in [2.45, 2.75) is 24.8 Å². The molecule has 4 nitrogen and oxygen atoms in total. The van der Waals surface area contributed by atoms with Crippen LogP contribution in [0.5, 0.6) is 0 Å². The minimum atomic E-state index is -1.13. The summed E-state index contributed by atoms with van der Waals surface area (Å²) in [5.74, 6) is -0.125. The molecule has 1 aliphatic heterocycles. The van der Waals surface area contributed by atoms with Gasteiger partial charge in [-0.1, -0.05) is 24.3 Å². The number of aliphatic carboxylic acids is 1. The number of hydrogen-bond acceptors (Lipinski definition) is 3. The van der Waals surface area contributed by atoms with Crippen molar-refractivity contribution in [2.75, 3.05) is 11.5 Å². The van der Waals surface area contributed by atoms with Gasteiger partial charge in [0, 0.05) is 6.42 Å². The van der Waals surface area contributed by atoms with Gasteiger partial charge in [0.05, 0.1) is 0 Å². The van der Waals surface area contributed by atoms with Crippen molar-refractivity contribution in [3.8, 4) is 0 Å². The minimum Gasteiger partial charge on any atom is -0.480 e. The summed E-state index contributed by atoms with van der Waals surface area (Å²) in [5, 5.41) is 12.1. The maximum atomic E-state index is 12.8. The van der Waals surface area contributed by atoms with Gasteiger partial charge in [0.25, 0.3) is 0 Å². The highest BCUT2D eigenvalue weighted by Crippen LogP contribution is 2.27. The summed E-state index contributed by atoms with van der Waals surface area (Å²) < 4.78 is 12.8. The molecule has 0 bridgehead atoms. The number of benzene rings is 1. The number of nitrogens with one attached hydrogen (secondary N) is 1. The fraction of sp³-hybridized carbons (Fsp3) is 0.375. The lowest BCUT2D eigenvalue weighted by Gasteiger charge is -2.33. The number of carbonyl (C=O) groups excluding carboxylic acids is 1. The van der Waals surface area contributed by atoms with Gasteiger partial charge in [-0.3, -0.25) is 4.79 Å². The summed E-state index contributed by atoms with van der Waals surface area (Å²) in [5.41, 5.74) is -0.345. The third-order valence-electron chi connectivity index (χ3n) is 3.62. The number of amides is 1.